The summed E-state index contributed by atoms with van der Waals surface area (Å²) in [6.45, 7) is 0.354. The number of pyridine rings is 1. The third kappa shape index (κ3) is 2.91. The molecule has 1 aromatic heterocycles. The van der Waals surface area contributed by atoms with Crippen LogP contribution in [0.3, 0.4) is 0 Å². The number of hydrogen-bond donors (Lipinski definition) is 1. The Bertz CT molecular complexity index is 768. The van der Waals surface area contributed by atoms with E-state index in [4.69, 9.17) is 4.74 Å². The smallest absolute Gasteiger partial charge is 0.139 e. The van der Waals surface area contributed by atoms with Gasteiger partial charge in [-0.25, -0.2) is 0 Å². The number of aliphatic hydroxyl groups excluding tert-OH is 1. The van der Waals surface area contributed by atoms with Crippen LogP contribution in [0.5, 0.6) is 5.75 Å². The zero-order valence-electron chi connectivity index (χ0n) is 11.3. The van der Waals surface area contributed by atoms with E-state index in [1.165, 1.54) is 0 Å². The lowest BCUT2D eigenvalue weighted by molar-refractivity contribution is 0.258. The van der Waals surface area contributed by atoms with E-state index in [-0.39, 0.29) is 6.61 Å². The molecule has 0 aliphatic heterocycles. The molecule has 0 spiro atoms. The van der Waals surface area contributed by atoms with E-state index in [0.29, 0.717) is 12.4 Å². The lowest BCUT2D eigenvalue weighted by Crippen LogP contribution is -2.01. The Labute approximate surface area is 131 Å². The van der Waals surface area contributed by atoms with Crippen molar-refractivity contribution in [2.45, 2.75) is 13.2 Å². The van der Waals surface area contributed by atoms with Crippen molar-refractivity contribution in [3.8, 4) is 5.75 Å². The first kappa shape index (κ1) is 14.0. The van der Waals surface area contributed by atoms with Gasteiger partial charge in [0, 0.05) is 22.7 Å². The lowest BCUT2D eigenvalue weighted by atomic mass is 10.1. The molecular weight excluding hydrogens is 330 g/mol. The number of para-hydroxylation sites is 2. The second kappa shape index (κ2) is 6.24. The van der Waals surface area contributed by atoms with Crippen LogP contribution < -0.4 is 4.74 Å². The summed E-state index contributed by atoms with van der Waals surface area (Å²) in [6.07, 6.45) is 1.78. The molecule has 3 nitrogen and oxygen atoms in total. The van der Waals surface area contributed by atoms with Crippen LogP contribution in [0.15, 0.2) is 59.2 Å². The van der Waals surface area contributed by atoms with E-state index < -0.39 is 0 Å². The summed E-state index contributed by atoms with van der Waals surface area (Å²) in [5, 5.41) is 10.5. The van der Waals surface area contributed by atoms with Crippen LogP contribution in [0.2, 0.25) is 0 Å². The molecule has 2 aromatic carbocycles. The molecule has 4 heteroatoms. The molecule has 0 atom stereocenters. The van der Waals surface area contributed by atoms with Crippen molar-refractivity contribution in [1.82, 2.24) is 4.98 Å². The molecule has 0 amide bonds. The highest BCUT2D eigenvalue weighted by molar-refractivity contribution is 9.10. The van der Waals surface area contributed by atoms with Crippen molar-refractivity contribution in [2.24, 2.45) is 0 Å². The van der Waals surface area contributed by atoms with Gasteiger partial charge in [-0.2, -0.15) is 0 Å². The molecule has 0 aliphatic carbocycles. The quantitative estimate of drug-likeness (QED) is 0.776. The number of nitrogens with zero attached hydrogens (tertiary/aromatic N) is 1. The molecule has 0 fully saturated rings. The molecule has 1 heterocycles. The summed E-state index contributed by atoms with van der Waals surface area (Å²) in [4.78, 5) is 4.42. The van der Waals surface area contributed by atoms with E-state index in [9.17, 15) is 5.11 Å². The van der Waals surface area contributed by atoms with Crippen LogP contribution >= 0.6 is 15.9 Å². The minimum absolute atomic E-state index is 0.0530. The average Bonchev–Trinajstić information content (AvgIpc) is 2.53. The summed E-state index contributed by atoms with van der Waals surface area (Å²) in [5.41, 5.74) is 2.72. The number of benzene rings is 2. The Kier molecular flexibility index (Phi) is 4.18. The fourth-order valence-electron chi connectivity index (χ4n) is 2.27. The van der Waals surface area contributed by atoms with Gasteiger partial charge in [0.1, 0.15) is 12.4 Å². The van der Waals surface area contributed by atoms with Crippen molar-refractivity contribution < 1.29 is 9.84 Å². The van der Waals surface area contributed by atoms with Gasteiger partial charge in [0.05, 0.1) is 16.6 Å². The van der Waals surface area contributed by atoms with E-state index in [2.05, 4.69) is 20.9 Å². The van der Waals surface area contributed by atoms with Crippen LogP contribution in [0.1, 0.15) is 11.1 Å². The van der Waals surface area contributed by atoms with Gasteiger partial charge >= 0.3 is 0 Å². The number of aromatic nitrogens is 1. The molecule has 0 saturated carbocycles. The van der Waals surface area contributed by atoms with E-state index >= 15 is 0 Å². The second-order valence-electron chi connectivity index (χ2n) is 4.67. The molecule has 0 bridgehead atoms. The Morgan fingerprint density at radius 2 is 1.76 bits per heavy atom. The van der Waals surface area contributed by atoms with E-state index in [0.717, 1.165) is 26.5 Å². The van der Waals surface area contributed by atoms with Crippen molar-refractivity contribution >= 4 is 26.8 Å². The van der Waals surface area contributed by atoms with E-state index in [1.54, 1.807) is 6.20 Å². The Balaban J connectivity index is 1.91. The van der Waals surface area contributed by atoms with Crippen molar-refractivity contribution in [3.63, 3.8) is 0 Å². The van der Waals surface area contributed by atoms with Crippen LogP contribution in [0.4, 0.5) is 0 Å². The minimum Gasteiger partial charge on any atom is -0.487 e. The van der Waals surface area contributed by atoms with Gasteiger partial charge in [-0.05, 0) is 28.1 Å². The average molecular weight is 344 g/mol. The van der Waals surface area contributed by atoms with Crippen LogP contribution in [0.25, 0.3) is 10.9 Å². The van der Waals surface area contributed by atoms with Gasteiger partial charge in [-0.15, -0.1) is 0 Å². The first-order chi connectivity index (χ1) is 10.3. The molecule has 106 valence electrons. The second-order valence-corrected chi connectivity index (χ2v) is 5.52. The van der Waals surface area contributed by atoms with Gasteiger partial charge in [0.15, 0.2) is 0 Å². The zero-order valence-corrected chi connectivity index (χ0v) is 12.9. The highest BCUT2D eigenvalue weighted by atomic mass is 79.9. The summed E-state index contributed by atoms with van der Waals surface area (Å²) in [6, 6.07) is 15.6. The monoisotopic (exact) mass is 343 g/mol. The van der Waals surface area contributed by atoms with Gasteiger partial charge in [-0.3, -0.25) is 4.98 Å². The summed E-state index contributed by atoms with van der Waals surface area (Å²) in [7, 11) is 0. The molecular formula is C17H14BrNO2. The van der Waals surface area contributed by atoms with Gasteiger partial charge in [0.2, 0.25) is 0 Å². The largest absolute Gasteiger partial charge is 0.487 e. The zero-order chi connectivity index (χ0) is 14.7. The van der Waals surface area contributed by atoms with Crippen LogP contribution in [0, 0.1) is 0 Å². The normalized spacial score (nSPS) is 10.8. The number of fused-ring (bicyclic) bond motifs is 1. The van der Waals surface area contributed by atoms with Crippen LogP contribution in [-0.4, -0.2) is 10.1 Å². The first-order valence-corrected chi connectivity index (χ1v) is 7.42. The highest BCUT2D eigenvalue weighted by Crippen LogP contribution is 2.30. The fraction of sp³-hybridized carbons (Fsp3) is 0.118. The predicted octanol–water partition coefficient (Wildman–Crippen LogP) is 4.07. The number of hydrogen-bond acceptors (Lipinski definition) is 3. The SMILES string of the molecule is OCc1cccc(Br)c1OCc1cccc2cccnc12. The lowest BCUT2D eigenvalue weighted by Gasteiger charge is -2.13. The maximum absolute atomic E-state index is 9.40. The molecule has 3 aromatic rings. The predicted molar refractivity (Wildman–Crippen MR) is 86.1 cm³/mol. The number of halogens is 1. The molecule has 3 rings (SSSR count). The first-order valence-electron chi connectivity index (χ1n) is 6.63. The van der Waals surface area contributed by atoms with Gasteiger partial charge in [-0.1, -0.05) is 36.4 Å². The van der Waals surface area contributed by atoms with Crippen molar-refractivity contribution in [3.05, 3.63) is 70.3 Å². The molecule has 21 heavy (non-hydrogen) atoms. The number of aliphatic hydroxyl groups is 1. The molecule has 0 unspecified atom stereocenters. The summed E-state index contributed by atoms with van der Waals surface area (Å²) >= 11 is 3.46. The third-order valence-electron chi connectivity index (χ3n) is 3.31. The van der Waals surface area contributed by atoms with Gasteiger partial charge in [0.25, 0.3) is 0 Å². The van der Waals surface area contributed by atoms with Crippen molar-refractivity contribution in [2.75, 3.05) is 0 Å². The molecule has 0 aliphatic rings. The Hall–Kier alpha value is -1.91. The summed E-state index contributed by atoms with van der Waals surface area (Å²) < 4.78 is 6.74. The topological polar surface area (TPSA) is 42.4 Å². The molecule has 0 radical (unpaired) electrons. The number of rotatable bonds is 4. The highest BCUT2D eigenvalue weighted by Gasteiger charge is 2.09. The Morgan fingerprint density at radius 3 is 2.62 bits per heavy atom. The third-order valence-corrected chi connectivity index (χ3v) is 3.93. The minimum atomic E-state index is -0.0530. The van der Waals surface area contributed by atoms with Crippen molar-refractivity contribution in [1.29, 1.82) is 0 Å². The van der Waals surface area contributed by atoms with E-state index in [1.807, 2.05) is 48.5 Å². The van der Waals surface area contributed by atoms with Crippen LogP contribution in [-0.2, 0) is 13.2 Å². The summed E-state index contributed by atoms with van der Waals surface area (Å²) in [5.74, 6) is 0.674. The Morgan fingerprint density at radius 1 is 1.00 bits per heavy atom. The van der Waals surface area contributed by atoms with Gasteiger partial charge < -0.3 is 9.84 Å². The standard InChI is InChI=1S/C17H14BrNO2/c18-15-8-2-5-13(10-20)17(15)21-11-14-6-1-4-12-7-3-9-19-16(12)14/h1-9,20H,10-11H2. The fourth-order valence-corrected chi connectivity index (χ4v) is 2.80. The maximum atomic E-state index is 9.40. The molecule has 0 saturated heterocycles. The molecule has 1 N–H and O–H groups in total. The maximum Gasteiger partial charge on any atom is 0.139 e. The number of ether oxygens (including phenoxy) is 1.